The summed E-state index contributed by atoms with van der Waals surface area (Å²) in [6, 6.07) is 1.76. The Balaban J connectivity index is 2.20. The largest absolute Gasteiger partial charge is 0.494 e. The molecule has 2 aliphatic rings. The molecular weight excluding hydrogens is 316 g/mol. The van der Waals surface area contributed by atoms with Crippen molar-refractivity contribution in [1.29, 1.82) is 0 Å². The first-order chi connectivity index (χ1) is 11.4. The number of ether oxygens (including phenoxy) is 1. The second-order valence-corrected chi connectivity index (χ2v) is 5.94. The van der Waals surface area contributed by atoms with E-state index in [2.05, 4.69) is 0 Å². The highest BCUT2D eigenvalue weighted by atomic mass is 16.5. The molecule has 2 unspecified atom stereocenters. The van der Waals surface area contributed by atoms with Crippen LogP contribution in [0.25, 0.3) is 0 Å². The van der Waals surface area contributed by atoms with E-state index in [1.807, 2.05) is 0 Å². The van der Waals surface area contributed by atoms with E-state index in [0.717, 1.165) is 17.1 Å². The maximum absolute atomic E-state index is 12.7. The van der Waals surface area contributed by atoms with Gasteiger partial charge in [-0.15, -0.1) is 0 Å². The zero-order valence-corrected chi connectivity index (χ0v) is 13.1. The molecule has 0 aromatic carbocycles. The second-order valence-electron chi connectivity index (χ2n) is 5.94. The number of hydrogen-bond acceptors (Lipinski definition) is 6. The van der Waals surface area contributed by atoms with E-state index in [1.165, 1.54) is 23.8 Å². The average molecular weight is 334 g/mol. The smallest absolute Gasteiger partial charge is 0.334 e. The number of amides is 2. The third-order valence-electron chi connectivity index (χ3n) is 4.77. The number of aromatic hydroxyl groups is 2. The van der Waals surface area contributed by atoms with Crippen molar-refractivity contribution in [3.63, 3.8) is 0 Å². The van der Waals surface area contributed by atoms with E-state index in [1.54, 1.807) is 0 Å². The number of esters is 1. The number of rotatable bonds is 3. The molecule has 1 aliphatic carbocycles. The summed E-state index contributed by atoms with van der Waals surface area (Å²) in [7, 11) is 1.18. The van der Waals surface area contributed by atoms with E-state index in [4.69, 9.17) is 4.74 Å². The molecule has 1 aliphatic heterocycles. The van der Waals surface area contributed by atoms with Gasteiger partial charge in [-0.1, -0.05) is 12.8 Å². The van der Waals surface area contributed by atoms with Crippen LogP contribution in [0.3, 0.4) is 0 Å². The molecule has 0 saturated heterocycles. The van der Waals surface area contributed by atoms with Gasteiger partial charge in [-0.2, -0.15) is 0 Å². The summed E-state index contributed by atoms with van der Waals surface area (Å²) in [5, 5.41) is 20.2. The molecule has 1 fully saturated rings. The van der Waals surface area contributed by atoms with Crippen molar-refractivity contribution >= 4 is 17.8 Å². The lowest BCUT2D eigenvalue weighted by Crippen LogP contribution is -2.63. The predicted molar refractivity (Wildman–Crippen MR) is 81.0 cm³/mol. The number of carbonyl (C=O) groups is 3. The summed E-state index contributed by atoms with van der Waals surface area (Å²) in [6.07, 6.45) is 4.11. The Morgan fingerprint density at radius 3 is 2.29 bits per heavy atom. The van der Waals surface area contributed by atoms with Gasteiger partial charge < -0.3 is 14.9 Å². The van der Waals surface area contributed by atoms with Gasteiger partial charge in [0, 0.05) is 24.3 Å². The van der Waals surface area contributed by atoms with Crippen molar-refractivity contribution in [3.05, 3.63) is 24.3 Å². The fourth-order valence-electron chi connectivity index (χ4n) is 3.79. The highest BCUT2D eigenvalue weighted by Crippen LogP contribution is 2.47. The number of hydrogen-bond donors (Lipinski definition) is 2. The van der Waals surface area contributed by atoms with Crippen LogP contribution in [0.4, 0.5) is 0 Å². The number of carbonyl (C=O) groups excluding carboxylic acids is 3. The minimum Gasteiger partial charge on any atom is -0.494 e. The number of aromatic nitrogens is 1. The van der Waals surface area contributed by atoms with E-state index in [0.29, 0.717) is 19.3 Å². The molecule has 2 amide bonds. The molecule has 1 aromatic rings. The molecule has 128 valence electrons. The predicted octanol–water partition coefficient (Wildman–Crippen LogP) is 0.851. The monoisotopic (exact) mass is 334 g/mol. The van der Waals surface area contributed by atoms with Crippen LogP contribution in [0, 0.1) is 0 Å². The maximum Gasteiger partial charge on any atom is 0.334 e. The van der Waals surface area contributed by atoms with E-state index >= 15 is 0 Å². The summed E-state index contributed by atoms with van der Waals surface area (Å²) in [6.45, 7) is 0. The van der Waals surface area contributed by atoms with Gasteiger partial charge in [0.2, 0.25) is 0 Å². The first kappa shape index (κ1) is 16.1. The van der Waals surface area contributed by atoms with Crippen LogP contribution in [0.1, 0.15) is 31.7 Å². The second kappa shape index (κ2) is 5.70. The fraction of sp³-hybridized carbons (Fsp3) is 0.438. The minimum absolute atomic E-state index is 0.195. The van der Waals surface area contributed by atoms with Crippen molar-refractivity contribution < 1.29 is 29.3 Å². The molecule has 2 heterocycles. The van der Waals surface area contributed by atoms with Gasteiger partial charge in [-0.25, -0.2) is 4.79 Å². The lowest BCUT2D eigenvalue weighted by atomic mass is 9.75. The lowest BCUT2D eigenvalue weighted by molar-refractivity contribution is -0.171. The topological polar surface area (TPSA) is 109 Å². The van der Waals surface area contributed by atoms with Gasteiger partial charge in [0.05, 0.1) is 13.2 Å². The molecule has 0 spiro atoms. The molecular formula is C16H18N2O6. The lowest BCUT2D eigenvalue weighted by Gasteiger charge is -2.46. The molecule has 8 nitrogen and oxygen atoms in total. The average Bonchev–Trinajstić information content (AvgIpc) is 3.08. The van der Waals surface area contributed by atoms with E-state index < -0.39 is 29.4 Å². The van der Waals surface area contributed by atoms with Crippen LogP contribution in [0.15, 0.2) is 24.3 Å². The van der Waals surface area contributed by atoms with Gasteiger partial charge in [-0.05, 0) is 12.8 Å². The minimum atomic E-state index is -1.61. The van der Waals surface area contributed by atoms with Gasteiger partial charge in [-0.3, -0.25) is 19.1 Å². The Kier molecular flexibility index (Phi) is 3.82. The summed E-state index contributed by atoms with van der Waals surface area (Å²) >= 11 is 0. The van der Waals surface area contributed by atoms with Gasteiger partial charge in [0.25, 0.3) is 11.8 Å². The van der Waals surface area contributed by atoms with Crippen molar-refractivity contribution in [2.75, 3.05) is 7.11 Å². The molecule has 2 N–H and O–H groups in total. The van der Waals surface area contributed by atoms with Crippen LogP contribution < -0.4 is 0 Å². The quantitative estimate of drug-likeness (QED) is 0.626. The Morgan fingerprint density at radius 2 is 1.75 bits per heavy atom. The van der Waals surface area contributed by atoms with Gasteiger partial charge >= 0.3 is 5.97 Å². The van der Waals surface area contributed by atoms with E-state index in [9.17, 15) is 24.6 Å². The Morgan fingerprint density at radius 1 is 1.17 bits per heavy atom. The van der Waals surface area contributed by atoms with Crippen molar-refractivity contribution in [1.82, 2.24) is 9.47 Å². The van der Waals surface area contributed by atoms with Crippen LogP contribution in [0.2, 0.25) is 0 Å². The summed E-state index contributed by atoms with van der Waals surface area (Å²) in [5.74, 6) is -2.46. The number of nitrogens with zero attached hydrogens (tertiary/aromatic N) is 2. The zero-order valence-electron chi connectivity index (χ0n) is 13.1. The molecule has 1 aromatic heterocycles. The van der Waals surface area contributed by atoms with Crippen LogP contribution in [-0.4, -0.2) is 50.1 Å². The molecule has 0 bridgehead atoms. The summed E-state index contributed by atoms with van der Waals surface area (Å²) < 4.78 is 6.10. The molecule has 2 atom stereocenters. The summed E-state index contributed by atoms with van der Waals surface area (Å²) in [5.41, 5.74) is -1.61. The number of methoxy groups -OCH3 is 1. The van der Waals surface area contributed by atoms with Crippen LogP contribution in [-0.2, 0) is 19.1 Å². The Labute approximate surface area is 137 Å². The summed E-state index contributed by atoms with van der Waals surface area (Å²) in [4.78, 5) is 38.2. The third kappa shape index (κ3) is 2.10. The van der Waals surface area contributed by atoms with Crippen molar-refractivity contribution in [2.24, 2.45) is 0 Å². The van der Waals surface area contributed by atoms with Gasteiger partial charge in [0.15, 0.2) is 17.3 Å². The molecule has 0 radical (unpaired) electrons. The molecule has 8 heteroatoms. The Bertz CT molecular complexity index is 699. The highest BCUT2D eigenvalue weighted by molar-refractivity contribution is 6.15. The normalized spacial score (nSPS) is 26.9. The van der Waals surface area contributed by atoms with Crippen LogP contribution in [0.5, 0.6) is 11.8 Å². The molecule has 24 heavy (non-hydrogen) atoms. The zero-order chi connectivity index (χ0) is 17.5. The van der Waals surface area contributed by atoms with Crippen molar-refractivity contribution in [3.8, 4) is 11.8 Å². The first-order valence-corrected chi connectivity index (χ1v) is 7.67. The maximum atomic E-state index is 12.7. The molecule has 1 saturated carbocycles. The molecule has 3 rings (SSSR count). The van der Waals surface area contributed by atoms with E-state index in [-0.39, 0.29) is 18.2 Å². The van der Waals surface area contributed by atoms with Crippen LogP contribution >= 0.6 is 0 Å². The fourth-order valence-corrected chi connectivity index (χ4v) is 3.79. The SMILES string of the molecule is COC(=O)C1(N2C(=O)C=CC2=O)CCCCC1n1c(O)ccc1O. The highest BCUT2D eigenvalue weighted by Gasteiger charge is 2.58. The van der Waals surface area contributed by atoms with Gasteiger partial charge in [0.1, 0.15) is 0 Å². The number of imide groups is 1. The Hall–Kier alpha value is -2.77. The first-order valence-electron chi connectivity index (χ1n) is 7.67. The van der Waals surface area contributed by atoms with Crippen molar-refractivity contribution in [2.45, 2.75) is 37.3 Å². The third-order valence-corrected chi connectivity index (χ3v) is 4.77. The standard InChI is InChI=1S/C16H18N2O6/c1-24-15(23)16(18-13(21)7-8-14(18)22)9-3-2-4-10(16)17-11(19)5-6-12(17)20/h5-8,10,19-20H,2-4,9H2,1H3.